The normalized spacial score (nSPS) is 17.6. The van der Waals surface area contributed by atoms with Crippen LogP contribution in [-0.4, -0.2) is 53.3 Å². The summed E-state index contributed by atoms with van der Waals surface area (Å²) in [6.07, 6.45) is 5.92. The summed E-state index contributed by atoms with van der Waals surface area (Å²) in [5.74, 6) is -0.670. The Morgan fingerprint density at radius 1 is 1.11 bits per heavy atom. The van der Waals surface area contributed by atoms with E-state index in [2.05, 4.69) is 15.2 Å². The minimum Gasteiger partial charge on any atom is -0.376 e. The molecule has 0 unspecified atom stereocenters. The summed E-state index contributed by atoms with van der Waals surface area (Å²) in [7, 11) is -3.81. The molecule has 1 saturated carbocycles. The van der Waals surface area contributed by atoms with Gasteiger partial charge in [0.25, 0.3) is 0 Å². The number of nitrogens with one attached hydrogen (secondary N) is 1. The zero-order valence-corrected chi connectivity index (χ0v) is 22.2. The highest BCUT2D eigenvalue weighted by Crippen LogP contribution is 2.23. The lowest BCUT2D eigenvalue weighted by atomic mass is 10.2. The molecule has 1 aliphatic heterocycles. The lowest BCUT2D eigenvalue weighted by Gasteiger charge is -2.28. The lowest BCUT2D eigenvalue weighted by molar-refractivity contribution is 0.0892. The Morgan fingerprint density at radius 3 is 2.54 bits per heavy atom. The molecule has 3 aromatic rings. The van der Waals surface area contributed by atoms with Gasteiger partial charge in [-0.15, -0.1) is 0 Å². The van der Waals surface area contributed by atoms with Crippen LogP contribution in [0.15, 0.2) is 66.0 Å². The fraction of sp³-hybridized carbons (Fsp3) is 0.407. The molecule has 1 N–H and O–H groups in total. The van der Waals surface area contributed by atoms with Crippen molar-refractivity contribution in [3.8, 4) is 0 Å². The first-order valence-electron chi connectivity index (χ1n) is 12.6. The highest BCUT2D eigenvalue weighted by atomic mass is 32.2. The van der Waals surface area contributed by atoms with Crippen molar-refractivity contribution in [2.45, 2.75) is 61.8 Å². The smallest absolute Gasteiger partial charge is 0.228 e. The number of ether oxygens (including phenoxy) is 1. The summed E-state index contributed by atoms with van der Waals surface area (Å²) in [6.45, 7) is 2.14. The molecule has 196 valence electrons. The summed E-state index contributed by atoms with van der Waals surface area (Å²) in [5, 5.41) is 4.06. The van der Waals surface area contributed by atoms with Gasteiger partial charge in [0.1, 0.15) is 5.82 Å². The van der Waals surface area contributed by atoms with E-state index in [1.54, 1.807) is 10.8 Å². The zero-order valence-electron chi connectivity index (χ0n) is 20.6. The molecule has 0 bridgehead atoms. The predicted octanol–water partition coefficient (Wildman–Crippen LogP) is 4.06. The second-order valence-electron chi connectivity index (χ2n) is 9.73. The fourth-order valence-corrected chi connectivity index (χ4v) is 6.31. The van der Waals surface area contributed by atoms with Crippen LogP contribution in [0.25, 0.3) is 0 Å². The number of nitrogens with zero attached hydrogens (tertiary/aromatic N) is 3. The van der Waals surface area contributed by atoms with Crippen LogP contribution in [0.3, 0.4) is 0 Å². The zero-order chi connectivity index (χ0) is 25.8. The number of hydrogen-bond acceptors (Lipinski definition) is 5. The third kappa shape index (κ3) is 6.74. The largest absolute Gasteiger partial charge is 0.376 e. The van der Waals surface area contributed by atoms with E-state index in [1.165, 1.54) is 24.3 Å². The average molecular weight is 543 g/mol. The van der Waals surface area contributed by atoms with Crippen LogP contribution in [0.5, 0.6) is 0 Å². The van der Waals surface area contributed by atoms with Crippen molar-refractivity contribution in [1.82, 2.24) is 19.8 Å². The number of benzene rings is 2. The van der Waals surface area contributed by atoms with Gasteiger partial charge in [-0.3, -0.25) is 0 Å². The van der Waals surface area contributed by atoms with Crippen molar-refractivity contribution >= 4 is 27.2 Å². The van der Waals surface area contributed by atoms with Crippen LogP contribution in [-0.2, 0) is 33.4 Å². The predicted molar refractivity (Wildman–Crippen MR) is 143 cm³/mol. The SMILES string of the molecule is O=S(=O)(Cc1ccc(F)cc1)c1ncc(CN(C[C@@H]2CCCO2)C(=S)NC2CC2)n1Cc1ccccc1. The molecule has 37 heavy (non-hydrogen) atoms. The topological polar surface area (TPSA) is 76.5 Å². The Morgan fingerprint density at radius 2 is 1.86 bits per heavy atom. The van der Waals surface area contributed by atoms with Gasteiger partial charge in [-0.25, -0.2) is 17.8 Å². The van der Waals surface area contributed by atoms with Crippen LogP contribution in [0, 0.1) is 5.82 Å². The minimum atomic E-state index is -3.81. The monoisotopic (exact) mass is 542 g/mol. The quantitative estimate of drug-likeness (QED) is 0.387. The molecule has 7 nitrogen and oxygen atoms in total. The minimum absolute atomic E-state index is 0.00573. The Labute approximate surface area is 222 Å². The van der Waals surface area contributed by atoms with Gasteiger partial charge in [0.05, 0.1) is 36.8 Å². The molecule has 0 radical (unpaired) electrons. The van der Waals surface area contributed by atoms with Gasteiger partial charge in [-0.1, -0.05) is 42.5 Å². The highest BCUT2D eigenvalue weighted by Gasteiger charge is 2.29. The number of aromatic nitrogens is 2. The van der Waals surface area contributed by atoms with Gasteiger partial charge in [-0.05, 0) is 61.2 Å². The second kappa shape index (κ2) is 11.3. The van der Waals surface area contributed by atoms with Crippen LogP contribution in [0.4, 0.5) is 4.39 Å². The van der Waals surface area contributed by atoms with Gasteiger partial charge < -0.3 is 19.5 Å². The van der Waals surface area contributed by atoms with Crippen molar-refractivity contribution < 1.29 is 17.5 Å². The maximum atomic E-state index is 13.5. The van der Waals surface area contributed by atoms with Crippen molar-refractivity contribution in [2.75, 3.05) is 13.2 Å². The van der Waals surface area contributed by atoms with Crippen molar-refractivity contribution in [3.63, 3.8) is 0 Å². The van der Waals surface area contributed by atoms with Crippen LogP contribution < -0.4 is 5.32 Å². The molecule has 2 fully saturated rings. The first-order valence-corrected chi connectivity index (χ1v) is 14.7. The first-order chi connectivity index (χ1) is 17.9. The Bertz CT molecular complexity index is 1320. The van der Waals surface area contributed by atoms with Crippen molar-refractivity contribution in [3.05, 3.63) is 83.4 Å². The van der Waals surface area contributed by atoms with E-state index in [9.17, 15) is 12.8 Å². The van der Waals surface area contributed by atoms with Gasteiger partial charge in [0.15, 0.2) is 5.11 Å². The van der Waals surface area contributed by atoms with Crippen LogP contribution >= 0.6 is 12.2 Å². The maximum absolute atomic E-state index is 13.5. The highest BCUT2D eigenvalue weighted by molar-refractivity contribution is 7.90. The van der Waals surface area contributed by atoms with E-state index in [-0.39, 0.29) is 17.0 Å². The van der Waals surface area contributed by atoms with E-state index in [4.69, 9.17) is 17.0 Å². The fourth-order valence-electron chi connectivity index (χ4n) is 4.51. The molecule has 0 amide bonds. The molecular weight excluding hydrogens is 511 g/mol. The van der Waals surface area contributed by atoms with Gasteiger partial charge >= 0.3 is 0 Å². The third-order valence-corrected chi connectivity index (χ3v) is 8.60. The maximum Gasteiger partial charge on any atom is 0.228 e. The second-order valence-corrected chi connectivity index (χ2v) is 12.0. The number of rotatable bonds is 10. The van der Waals surface area contributed by atoms with E-state index in [0.717, 1.165) is 43.5 Å². The van der Waals surface area contributed by atoms with E-state index < -0.39 is 15.7 Å². The van der Waals surface area contributed by atoms with Crippen LogP contribution in [0.2, 0.25) is 0 Å². The van der Waals surface area contributed by atoms with Gasteiger partial charge in [-0.2, -0.15) is 0 Å². The molecule has 5 rings (SSSR count). The molecule has 1 aromatic heterocycles. The van der Waals surface area contributed by atoms with Crippen molar-refractivity contribution in [1.29, 1.82) is 0 Å². The summed E-state index contributed by atoms with van der Waals surface area (Å²) in [4.78, 5) is 6.46. The van der Waals surface area contributed by atoms with E-state index >= 15 is 0 Å². The molecule has 0 spiro atoms. The standard InChI is InChI=1S/C27H31FN4O3S2/c28-22-10-8-21(9-11-22)19-37(33,34)27-29-15-24(32(27)16-20-5-2-1-3-6-20)17-31(18-25-7-4-14-35-25)26(36)30-23-12-13-23/h1-3,5-6,8-11,15,23,25H,4,7,12-14,16-19H2,(H,30,36)/t25-/m0/s1. The number of thiocarbonyl (C=S) groups is 1. The molecule has 2 aliphatic rings. The molecule has 1 atom stereocenters. The number of hydrogen-bond donors (Lipinski definition) is 1. The number of sulfone groups is 1. The molecule has 1 aliphatic carbocycles. The Hall–Kier alpha value is -2.82. The van der Waals surface area contributed by atoms with Gasteiger partial charge in [0, 0.05) is 19.2 Å². The lowest BCUT2D eigenvalue weighted by Crippen LogP contribution is -2.44. The average Bonchev–Trinajstić information content (AvgIpc) is 3.37. The summed E-state index contributed by atoms with van der Waals surface area (Å²) >= 11 is 5.76. The molecule has 2 aromatic carbocycles. The van der Waals surface area contributed by atoms with Gasteiger partial charge in [0.2, 0.25) is 15.0 Å². The first kappa shape index (κ1) is 25.8. The molecular formula is C27H31FN4O3S2. The molecule has 10 heteroatoms. The Kier molecular flexibility index (Phi) is 7.87. The Balaban J connectivity index is 1.45. The summed E-state index contributed by atoms with van der Waals surface area (Å²) in [6, 6.07) is 15.6. The molecule has 1 saturated heterocycles. The molecule has 2 heterocycles. The van der Waals surface area contributed by atoms with E-state index in [0.29, 0.717) is 36.4 Å². The summed E-state index contributed by atoms with van der Waals surface area (Å²) < 4.78 is 48.0. The summed E-state index contributed by atoms with van der Waals surface area (Å²) in [5.41, 5.74) is 2.22. The van der Waals surface area contributed by atoms with E-state index in [1.807, 2.05) is 30.3 Å². The number of halogens is 1. The third-order valence-electron chi connectivity index (χ3n) is 6.63. The number of imidazole rings is 1. The van der Waals surface area contributed by atoms with Crippen LogP contribution in [0.1, 0.15) is 42.5 Å². The van der Waals surface area contributed by atoms with Crippen molar-refractivity contribution in [2.24, 2.45) is 0 Å².